The van der Waals surface area contributed by atoms with Gasteiger partial charge in [-0.2, -0.15) is 5.10 Å². The summed E-state index contributed by atoms with van der Waals surface area (Å²) in [5.74, 6) is 1.18. The normalized spacial score (nSPS) is 20.2. The van der Waals surface area contributed by atoms with Crippen LogP contribution >= 0.6 is 0 Å². The van der Waals surface area contributed by atoms with Crippen molar-refractivity contribution in [3.05, 3.63) is 78.4 Å². The number of hydrogen-bond donors (Lipinski definition) is 3. The molecule has 0 unspecified atom stereocenters. The molecule has 10 heteroatoms. The Kier molecular flexibility index (Phi) is 6.43. The van der Waals surface area contributed by atoms with Crippen molar-refractivity contribution in [1.82, 2.24) is 19.5 Å². The maximum atomic E-state index is 10.0. The molecule has 1 aliphatic heterocycles. The first-order valence-electron chi connectivity index (χ1n) is 10.9. The molecule has 2 aromatic heterocycles. The fourth-order valence-corrected chi connectivity index (χ4v) is 3.79. The zero-order valence-corrected chi connectivity index (χ0v) is 18.2. The van der Waals surface area contributed by atoms with Gasteiger partial charge < -0.3 is 19.7 Å². The molecule has 1 saturated heterocycles. The van der Waals surface area contributed by atoms with Crippen LogP contribution in [0.2, 0.25) is 0 Å². The fraction of sp³-hybridized carbons (Fsp3) is 0.250. The first kappa shape index (κ1) is 22.0. The molecule has 10 nitrogen and oxygen atoms in total. The number of aliphatic hydroxyl groups is 2. The zero-order valence-electron chi connectivity index (χ0n) is 18.2. The molecular formula is C24H24N6O4. The van der Waals surface area contributed by atoms with E-state index in [-0.39, 0.29) is 6.61 Å². The highest BCUT2D eigenvalue weighted by Gasteiger charge is 2.35. The largest absolute Gasteiger partial charge is 0.489 e. The third-order valence-corrected chi connectivity index (χ3v) is 5.54. The number of benzene rings is 2. The van der Waals surface area contributed by atoms with E-state index in [0.717, 1.165) is 16.9 Å². The monoisotopic (exact) mass is 460 g/mol. The third-order valence-electron chi connectivity index (χ3n) is 5.54. The first-order chi connectivity index (χ1) is 16.7. The van der Waals surface area contributed by atoms with Gasteiger partial charge in [-0.15, -0.1) is 0 Å². The van der Waals surface area contributed by atoms with E-state index in [1.165, 1.54) is 6.33 Å². The first-order valence-corrected chi connectivity index (χ1v) is 10.9. The Morgan fingerprint density at radius 2 is 2.03 bits per heavy atom. The van der Waals surface area contributed by atoms with Crippen molar-refractivity contribution < 1.29 is 19.7 Å². The number of imidazole rings is 1. The van der Waals surface area contributed by atoms with Crippen LogP contribution in [0.1, 0.15) is 23.8 Å². The van der Waals surface area contributed by atoms with Gasteiger partial charge in [-0.05, 0) is 23.3 Å². The minimum absolute atomic E-state index is 0.251. The molecule has 0 saturated carbocycles. The molecule has 3 heterocycles. The number of hydrazone groups is 1. The molecule has 0 radical (unpaired) electrons. The molecule has 34 heavy (non-hydrogen) atoms. The van der Waals surface area contributed by atoms with Crippen LogP contribution in [-0.4, -0.2) is 54.8 Å². The summed E-state index contributed by atoms with van der Waals surface area (Å²) in [5, 5.41) is 23.6. The Morgan fingerprint density at radius 1 is 1.15 bits per heavy atom. The summed E-state index contributed by atoms with van der Waals surface area (Å²) >= 11 is 0. The minimum atomic E-state index is -0.746. The van der Waals surface area contributed by atoms with Crippen molar-refractivity contribution in [3.8, 4) is 5.75 Å². The van der Waals surface area contributed by atoms with Gasteiger partial charge in [0, 0.05) is 6.42 Å². The van der Waals surface area contributed by atoms with Crippen molar-refractivity contribution in [2.24, 2.45) is 5.10 Å². The second-order valence-electron chi connectivity index (χ2n) is 7.88. The van der Waals surface area contributed by atoms with E-state index in [1.54, 1.807) is 17.1 Å². The van der Waals surface area contributed by atoms with Crippen LogP contribution in [0.5, 0.6) is 5.75 Å². The van der Waals surface area contributed by atoms with Crippen LogP contribution in [0.4, 0.5) is 5.82 Å². The maximum absolute atomic E-state index is 10.0. The molecule has 1 aliphatic rings. The van der Waals surface area contributed by atoms with Gasteiger partial charge in [-0.25, -0.2) is 15.0 Å². The van der Waals surface area contributed by atoms with E-state index in [1.807, 2.05) is 54.6 Å². The fourth-order valence-electron chi connectivity index (χ4n) is 3.79. The van der Waals surface area contributed by atoms with Crippen LogP contribution in [0.15, 0.2) is 72.4 Å². The maximum Gasteiger partial charge on any atom is 0.177 e. The van der Waals surface area contributed by atoms with Crippen LogP contribution in [0.25, 0.3) is 11.2 Å². The second-order valence-corrected chi connectivity index (χ2v) is 7.88. The Bertz CT molecular complexity index is 1280. The molecule has 2 aromatic carbocycles. The van der Waals surface area contributed by atoms with Crippen LogP contribution in [0, 0.1) is 0 Å². The van der Waals surface area contributed by atoms with E-state index in [2.05, 4.69) is 25.5 Å². The Labute approximate surface area is 195 Å². The Balaban J connectivity index is 1.26. The zero-order chi connectivity index (χ0) is 23.3. The van der Waals surface area contributed by atoms with Gasteiger partial charge in [0.25, 0.3) is 0 Å². The van der Waals surface area contributed by atoms with Crippen molar-refractivity contribution in [1.29, 1.82) is 0 Å². The number of hydrogen-bond acceptors (Lipinski definition) is 9. The lowest BCUT2D eigenvalue weighted by atomic mass is 10.2. The summed E-state index contributed by atoms with van der Waals surface area (Å²) in [5.41, 5.74) is 5.93. The van der Waals surface area contributed by atoms with Crippen molar-refractivity contribution in [2.45, 2.75) is 31.5 Å². The molecule has 0 bridgehead atoms. The van der Waals surface area contributed by atoms with E-state index in [0.29, 0.717) is 30.0 Å². The predicted molar refractivity (Wildman–Crippen MR) is 125 cm³/mol. The minimum Gasteiger partial charge on any atom is -0.489 e. The topological polar surface area (TPSA) is 127 Å². The van der Waals surface area contributed by atoms with Gasteiger partial charge in [0.15, 0.2) is 17.0 Å². The second kappa shape index (κ2) is 9.96. The average Bonchev–Trinajstić information content (AvgIpc) is 3.47. The quantitative estimate of drug-likeness (QED) is 0.270. The van der Waals surface area contributed by atoms with E-state index in [9.17, 15) is 10.2 Å². The molecular weight excluding hydrogens is 436 g/mol. The SMILES string of the molecule is OC[C@H]1O[C@@H](n2cnc3c(N/N=C/c4cccc(OCc5ccccc5)c4)ncnc32)C[C@H]1O. The lowest BCUT2D eigenvalue weighted by Crippen LogP contribution is -2.24. The molecule has 0 amide bonds. The van der Waals surface area contributed by atoms with Gasteiger partial charge in [0.05, 0.1) is 25.3 Å². The number of anilines is 1. The summed E-state index contributed by atoms with van der Waals surface area (Å²) in [4.78, 5) is 12.9. The molecule has 3 atom stereocenters. The summed E-state index contributed by atoms with van der Waals surface area (Å²) in [7, 11) is 0. The number of rotatable bonds is 8. The molecule has 3 N–H and O–H groups in total. The number of nitrogens with zero attached hydrogens (tertiary/aromatic N) is 5. The average molecular weight is 460 g/mol. The number of aromatic nitrogens is 4. The third kappa shape index (κ3) is 4.74. The smallest absolute Gasteiger partial charge is 0.177 e. The van der Waals surface area contributed by atoms with Gasteiger partial charge in [-0.3, -0.25) is 9.99 Å². The van der Waals surface area contributed by atoms with Crippen molar-refractivity contribution in [3.63, 3.8) is 0 Å². The highest BCUT2D eigenvalue weighted by atomic mass is 16.5. The number of fused-ring (bicyclic) bond motifs is 1. The lowest BCUT2D eigenvalue weighted by molar-refractivity contribution is -0.0432. The molecule has 5 rings (SSSR count). The Morgan fingerprint density at radius 3 is 2.85 bits per heavy atom. The van der Waals surface area contributed by atoms with Crippen molar-refractivity contribution in [2.75, 3.05) is 12.0 Å². The number of ether oxygens (including phenoxy) is 2. The van der Waals surface area contributed by atoms with Crippen LogP contribution < -0.4 is 10.2 Å². The van der Waals surface area contributed by atoms with Crippen LogP contribution in [-0.2, 0) is 11.3 Å². The highest BCUT2D eigenvalue weighted by molar-refractivity contribution is 5.85. The van der Waals surface area contributed by atoms with Gasteiger partial charge in [-0.1, -0.05) is 42.5 Å². The molecule has 0 aliphatic carbocycles. The number of aliphatic hydroxyl groups excluding tert-OH is 2. The van der Waals surface area contributed by atoms with Gasteiger partial charge >= 0.3 is 0 Å². The summed E-state index contributed by atoms with van der Waals surface area (Å²) < 4.78 is 13.3. The summed E-state index contributed by atoms with van der Waals surface area (Å²) in [6, 6.07) is 17.6. The molecule has 0 spiro atoms. The summed E-state index contributed by atoms with van der Waals surface area (Å²) in [6.45, 7) is 0.237. The molecule has 174 valence electrons. The van der Waals surface area contributed by atoms with Crippen molar-refractivity contribution >= 4 is 23.2 Å². The van der Waals surface area contributed by atoms with Gasteiger partial charge in [0.1, 0.15) is 31.0 Å². The molecule has 4 aromatic rings. The predicted octanol–water partition coefficient (Wildman–Crippen LogP) is 2.49. The number of nitrogens with one attached hydrogen (secondary N) is 1. The highest BCUT2D eigenvalue weighted by Crippen LogP contribution is 2.31. The van der Waals surface area contributed by atoms with E-state index >= 15 is 0 Å². The van der Waals surface area contributed by atoms with Crippen LogP contribution in [0.3, 0.4) is 0 Å². The molecule has 1 fully saturated rings. The summed E-state index contributed by atoms with van der Waals surface area (Å²) in [6.07, 6.45) is 3.15. The van der Waals surface area contributed by atoms with E-state index < -0.39 is 18.4 Å². The van der Waals surface area contributed by atoms with E-state index in [4.69, 9.17) is 9.47 Å². The Hall–Kier alpha value is -3.86. The van der Waals surface area contributed by atoms with Gasteiger partial charge in [0.2, 0.25) is 0 Å². The standard InChI is InChI=1S/C24H24N6O4/c31-12-20-19(32)10-21(34-20)30-15-27-22-23(25-14-26-24(22)30)29-28-11-17-7-4-8-18(9-17)33-13-16-5-2-1-3-6-16/h1-9,11,14-15,19-21,31-32H,10,12-13H2,(H,25,26,29)/b28-11+/t19-,20-,21-/m1/s1. The lowest BCUT2D eigenvalue weighted by Gasteiger charge is -2.13.